The molecule has 6 heteroatoms. The van der Waals surface area contributed by atoms with Crippen LogP contribution in [0, 0.1) is 13.8 Å². The fraction of sp³-hybridized carbons (Fsp3) is 0.524. The smallest absolute Gasteiger partial charge is 0.193 e. The number of aliphatic imine (C=N–C) groups is 1. The van der Waals surface area contributed by atoms with Gasteiger partial charge in [-0.2, -0.15) is 5.10 Å². The Morgan fingerprint density at radius 2 is 2.04 bits per heavy atom. The van der Waals surface area contributed by atoms with Crippen molar-refractivity contribution >= 4 is 5.96 Å². The van der Waals surface area contributed by atoms with Gasteiger partial charge in [-0.3, -0.25) is 9.67 Å². The molecule has 2 heterocycles. The van der Waals surface area contributed by atoms with Crippen LogP contribution < -0.4 is 10.1 Å². The normalized spacial score (nSPS) is 17.4. The van der Waals surface area contributed by atoms with Crippen LogP contribution in [0.3, 0.4) is 0 Å². The molecule has 1 fully saturated rings. The quantitative estimate of drug-likeness (QED) is 0.650. The zero-order chi connectivity index (χ0) is 19.4. The maximum atomic E-state index is 5.26. The van der Waals surface area contributed by atoms with Gasteiger partial charge in [0.05, 0.1) is 12.8 Å². The van der Waals surface area contributed by atoms with Gasteiger partial charge in [0.15, 0.2) is 5.96 Å². The summed E-state index contributed by atoms with van der Waals surface area (Å²) in [6.45, 7) is 7.10. The van der Waals surface area contributed by atoms with Crippen molar-refractivity contribution in [3.8, 4) is 5.75 Å². The average Bonchev–Trinajstić information content (AvgIpc) is 3.25. The molecule has 1 aliphatic heterocycles. The molecule has 6 nitrogen and oxygen atoms in total. The number of aryl methyl sites for hydroxylation is 2. The Balaban J connectivity index is 1.55. The molecule has 0 spiro atoms. The number of nitrogens with one attached hydrogen (secondary N) is 1. The molecule has 1 unspecified atom stereocenters. The monoisotopic (exact) mass is 369 g/mol. The molecular formula is C21H31N5O. The number of aromatic nitrogens is 2. The van der Waals surface area contributed by atoms with E-state index in [1.807, 2.05) is 30.9 Å². The van der Waals surface area contributed by atoms with Crippen LogP contribution in [-0.2, 0) is 13.5 Å². The molecule has 0 saturated carbocycles. The van der Waals surface area contributed by atoms with Crippen molar-refractivity contribution in [3.63, 3.8) is 0 Å². The first-order valence-electron chi connectivity index (χ1n) is 9.62. The number of hydrogen-bond acceptors (Lipinski definition) is 3. The zero-order valence-electron chi connectivity index (χ0n) is 17.1. The van der Waals surface area contributed by atoms with Crippen LogP contribution >= 0.6 is 0 Å². The van der Waals surface area contributed by atoms with Gasteiger partial charge >= 0.3 is 0 Å². The van der Waals surface area contributed by atoms with E-state index in [4.69, 9.17) is 4.74 Å². The highest BCUT2D eigenvalue weighted by molar-refractivity contribution is 5.80. The minimum atomic E-state index is 0.539. The first kappa shape index (κ1) is 19.3. The Morgan fingerprint density at radius 3 is 2.63 bits per heavy atom. The largest absolute Gasteiger partial charge is 0.497 e. The van der Waals surface area contributed by atoms with E-state index >= 15 is 0 Å². The Hall–Kier alpha value is -2.50. The Morgan fingerprint density at radius 1 is 1.30 bits per heavy atom. The van der Waals surface area contributed by atoms with Crippen LogP contribution in [0.15, 0.2) is 29.3 Å². The third-order valence-electron chi connectivity index (χ3n) is 5.60. The lowest BCUT2D eigenvalue weighted by Gasteiger charge is -2.22. The predicted molar refractivity (Wildman–Crippen MR) is 110 cm³/mol. The maximum Gasteiger partial charge on any atom is 0.193 e. The molecule has 2 aromatic rings. The van der Waals surface area contributed by atoms with Gasteiger partial charge in [0, 0.05) is 45.3 Å². The molecule has 0 bridgehead atoms. The van der Waals surface area contributed by atoms with E-state index in [2.05, 4.69) is 46.3 Å². The molecular weight excluding hydrogens is 338 g/mol. The minimum Gasteiger partial charge on any atom is -0.497 e. The summed E-state index contributed by atoms with van der Waals surface area (Å²) in [5, 5.41) is 8.03. The molecule has 1 aromatic carbocycles. The molecule has 1 aromatic heterocycles. The van der Waals surface area contributed by atoms with Crippen molar-refractivity contribution in [2.75, 3.05) is 33.8 Å². The molecule has 3 rings (SSSR count). The van der Waals surface area contributed by atoms with E-state index in [1.165, 1.54) is 16.8 Å². The van der Waals surface area contributed by atoms with Crippen LogP contribution in [0.4, 0.5) is 0 Å². The molecule has 0 radical (unpaired) electrons. The number of rotatable bonds is 5. The highest BCUT2D eigenvalue weighted by atomic mass is 16.5. The van der Waals surface area contributed by atoms with Crippen LogP contribution in [0.2, 0.25) is 0 Å². The van der Waals surface area contributed by atoms with Gasteiger partial charge in [0.1, 0.15) is 5.75 Å². The molecule has 146 valence electrons. The average molecular weight is 370 g/mol. The van der Waals surface area contributed by atoms with Gasteiger partial charge in [-0.1, -0.05) is 12.1 Å². The van der Waals surface area contributed by atoms with Gasteiger partial charge < -0.3 is 15.0 Å². The Kier molecular flexibility index (Phi) is 6.04. The molecule has 0 amide bonds. The SMILES string of the molecule is CN=C(NCCc1c(C)nn(C)c1C)N1CCC(c2ccc(OC)cc2)C1. The molecule has 27 heavy (non-hydrogen) atoms. The van der Waals surface area contributed by atoms with Crippen molar-refractivity contribution < 1.29 is 4.74 Å². The van der Waals surface area contributed by atoms with Crippen molar-refractivity contribution in [1.82, 2.24) is 20.0 Å². The Labute approximate surface area is 162 Å². The number of guanidine groups is 1. The Bertz CT molecular complexity index is 794. The molecule has 0 aliphatic carbocycles. The predicted octanol–water partition coefficient (Wildman–Crippen LogP) is 2.65. The second-order valence-electron chi connectivity index (χ2n) is 7.20. The topological polar surface area (TPSA) is 54.7 Å². The standard InChI is InChI=1S/C21H31N5O/c1-15-20(16(2)25(4)24-15)10-12-23-21(22-3)26-13-11-18(14-26)17-6-8-19(27-5)9-7-17/h6-9,18H,10-14H2,1-5H3,(H,22,23). The van der Waals surface area contributed by atoms with Gasteiger partial charge in [0.2, 0.25) is 0 Å². The van der Waals surface area contributed by atoms with E-state index in [1.54, 1.807) is 7.11 Å². The molecule has 1 saturated heterocycles. The molecule has 1 atom stereocenters. The van der Waals surface area contributed by atoms with Crippen molar-refractivity contribution in [2.24, 2.45) is 12.0 Å². The van der Waals surface area contributed by atoms with E-state index < -0.39 is 0 Å². The van der Waals surface area contributed by atoms with E-state index in [9.17, 15) is 0 Å². The minimum absolute atomic E-state index is 0.539. The van der Waals surface area contributed by atoms with Gasteiger partial charge in [0.25, 0.3) is 0 Å². The van der Waals surface area contributed by atoms with Gasteiger partial charge in [-0.15, -0.1) is 0 Å². The van der Waals surface area contributed by atoms with Crippen LogP contribution in [-0.4, -0.2) is 54.4 Å². The third-order valence-corrected chi connectivity index (χ3v) is 5.60. The van der Waals surface area contributed by atoms with E-state index in [-0.39, 0.29) is 0 Å². The van der Waals surface area contributed by atoms with Gasteiger partial charge in [-0.05, 0) is 49.9 Å². The van der Waals surface area contributed by atoms with Crippen LogP contribution in [0.5, 0.6) is 5.75 Å². The van der Waals surface area contributed by atoms with Crippen LogP contribution in [0.25, 0.3) is 0 Å². The number of benzene rings is 1. The lowest BCUT2D eigenvalue weighted by atomic mass is 9.98. The summed E-state index contributed by atoms with van der Waals surface area (Å²) in [5.74, 6) is 2.44. The van der Waals surface area contributed by atoms with E-state index in [0.717, 1.165) is 49.9 Å². The highest BCUT2D eigenvalue weighted by Crippen LogP contribution is 2.28. The lowest BCUT2D eigenvalue weighted by Crippen LogP contribution is -2.40. The zero-order valence-corrected chi connectivity index (χ0v) is 17.1. The van der Waals surface area contributed by atoms with Crippen LogP contribution in [0.1, 0.15) is 34.9 Å². The summed E-state index contributed by atoms with van der Waals surface area (Å²) >= 11 is 0. The van der Waals surface area contributed by atoms with Crippen molar-refractivity contribution in [3.05, 3.63) is 46.8 Å². The van der Waals surface area contributed by atoms with Crippen molar-refractivity contribution in [2.45, 2.75) is 32.6 Å². The maximum absolute atomic E-state index is 5.26. The fourth-order valence-electron chi connectivity index (χ4n) is 3.91. The second-order valence-corrected chi connectivity index (χ2v) is 7.20. The molecule has 1 aliphatic rings. The lowest BCUT2D eigenvalue weighted by molar-refractivity contribution is 0.414. The van der Waals surface area contributed by atoms with Crippen molar-refractivity contribution in [1.29, 1.82) is 0 Å². The highest BCUT2D eigenvalue weighted by Gasteiger charge is 2.26. The van der Waals surface area contributed by atoms with Gasteiger partial charge in [-0.25, -0.2) is 0 Å². The van der Waals surface area contributed by atoms with E-state index in [0.29, 0.717) is 5.92 Å². The number of ether oxygens (including phenoxy) is 1. The fourth-order valence-corrected chi connectivity index (χ4v) is 3.91. The summed E-state index contributed by atoms with van der Waals surface area (Å²) in [6, 6.07) is 8.45. The summed E-state index contributed by atoms with van der Waals surface area (Å²) in [4.78, 5) is 6.86. The number of methoxy groups -OCH3 is 1. The first-order chi connectivity index (χ1) is 13.0. The summed E-state index contributed by atoms with van der Waals surface area (Å²) < 4.78 is 7.22. The number of hydrogen-bond donors (Lipinski definition) is 1. The second kappa shape index (κ2) is 8.46. The molecule has 1 N–H and O–H groups in total. The number of likely N-dealkylation sites (tertiary alicyclic amines) is 1. The summed E-state index contributed by atoms with van der Waals surface area (Å²) in [5.41, 5.74) is 5.06. The third kappa shape index (κ3) is 4.26. The number of nitrogens with zero attached hydrogens (tertiary/aromatic N) is 4. The summed E-state index contributed by atoms with van der Waals surface area (Å²) in [6.07, 6.45) is 2.11. The summed E-state index contributed by atoms with van der Waals surface area (Å²) in [7, 11) is 5.57. The first-order valence-corrected chi connectivity index (χ1v) is 9.62.